The van der Waals surface area contributed by atoms with Crippen molar-refractivity contribution >= 4 is 62.2 Å². The van der Waals surface area contributed by atoms with E-state index in [-0.39, 0.29) is 5.56 Å². The Morgan fingerprint density at radius 1 is 1.03 bits per heavy atom. The first kappa shape index (κ1) is 20.7. The highest BCUT2D eigenvalue weighted by Gasteiger charge is 2.14. The van der Waals surface area contributed by atoms with Gasteiger partial charge in [0.25, 0.3) is 5.56 Å². The van der Waals surface area contributed by atoms with Crippen molar-refractivity contribution in [3.8, 4) is 11.4 Å². The second kappa shape index (κ2) is 8.64. The van der Waals surface area contributed by atoms with Crippen LogP contribution in [0.5, 0.6) is 5.75 Å². The lowest BCUT2D eigenvalue weighted by Crippen LogP contribution is -2.22. The number of hydrogen-bond donors (Lipinski definition) is 0. The minimum atomic E-state index is -0.208. The quantitative estimate of drug-likeness (QED) is 0.315. The first-order chi connectivity index (χ1) is 14.5. The van der Waals surface area contributed by atoms with Gasteiger partial charge >= 0.3 is 0 Å². The van der Waals surface area contributed by atoms with E-state index in [1.54, 1.807) is 37.5 Å². The SMILES string of the molecule is COc1ccc(C=Cc2nc3ccccc3c(=O)n2-c2ccc(Cl)cc2Cl)cc1Br. The number of halogens is 3. The van der Waals surface area contributed by atoms with E-state index in [9.17, 15) is 4.79 Å². The first-order valence-electron chi connectivity index (χ1n) is 8.97. The number of ether oxygens (including phenoxy) is 1. The van der Waals surface area contributed by atoms with Crippen LogP contribution in [0, 0.1) is 0 Å². The van der Waals surface area contributed by atoms with Gasteiger partial charge in [0.1, 0.15) is 11.6 Å². The third-order valence-electron chi connectivity index (χ3n) is 4.55. The Labute approximate surface area is 191 Å². The predicted octanol–water partition coefficient (Wildman–Crippen LogP) is 6.63. The molecule has 7 heteroatoms. The fourth-order valence-corrected chi connectivity index (χ4v) is 4.17. The van der Waals surface area contributed by atoms with Crippen LogP contribution in [0.4, 0.5) is 0 Å². The molecule has 0 saturated carbocycles. The fraction of sp³-hybridized carbons (Fsp3) is 0.0435. The number of para-hydroxylation sites is 1. The van der Waals surface area contributed by atoms with Gasteiger partial charge in [0, 0.05) is 5.02 Å². The van der Waals surface area contributed by atoms with E-state index in [1.165, 1.54) is 4.57 Å². The highest BCUT2D eigenvalue weighted by atomic mass is 79.9. The third-order valence-corrected chi connectivity index (χ3v) is 5.71. The van der Waals surface area contributed by atoms with Crippen molar-refractivity contribution in [3.63, 3.8) is 0 Å². The third kappa shape index (κ3) is 4.01. The van der Waals surface area contributed by atoms with Crippen molar-refractivity contribution in [3.05, 3.63) is 96.9 Å². The smallest absolute Gasteiger partial charge is 0.266 e. The lowest BCUT2D eigenvalue weighted by Gasteiger charge is -2.13. The van der Waals surface area contributed by atoms with Crippen LogP contribution < -0.4 is 10.3 Å². The van der Waals surface area contributed by atoms with Crippen LogP contribution in [0.1, 0.15) is 11.4 Å². The second-order valence-electron chi connectivity index (χ2n) is 6.45. The summed E-state index contributed by atoms with van der Waals surface area (Å²) < 4.78 is 7.60. The summed E-state index contributed by atoms with van der Waals surface area (Å²) in [5, 5.41) is 1.36. The van der Waals surface area contributed by atoms with Gasteiger partial charge in [-0.3, -0.25) is 9.36 Å². The maximum absolute atomic E-state index is 13.3. The number of rotatable bonds is 4. The molecule has 4 rings (SSSR count). The number of aromatic nitrogens is 2. The standard InChI is InChI=1S/C23H15BrCl2N2O2/c1-30-21-10-6-14(12-17(21)24)7-11-22-27-19-5-3-2-4-16(19)23(29)28(22)20-9-8-15(25)13-18(20)26/h2-13H,1H3. The van der Waals surface area contributed by atoms with Crippen molar-refractivity contribution in [2.75, 3.05) is 7.11 Å². The molecule has 0 spiro atoms. The summed E-state index contributed by atoms with van der Waals surface area (Å²) in [6.07, 6.45) is 3.66. The molecular weight excluding hydrogens is 487 g/mol. The maximum Gasteiger partial charge on any atom is 0.266 e. The van der Waals surface area contributed by atoms with E-state index >= 15 is 0 Å². The van der Waals surface area contributed by atoms with Gasteiger partial charge in [-0.05, 0) is 70.0 Å². The summed E-state index contributed by atoms with van der Waals surface area (Å²) >= 11 is 15.9. The molecule has 0 bridgehead atoms. The summed E-state index contributed by atoms with van der Waals surface area (Å²) in [4.78, 5) is 18.0. The molecule has 0 amide bonds. The summed E-state index contributed by atoms with van der Waals surface area (Å²) in [7, 11) is 1.61. The Hall–Kier alpha value is -2.60. The maximum atomic E-state index is 13.3. The van der Waals surface area contributed by atoms with Crippen molar-refractivity contribution < 1.29 is 4.74 Å². The van der Waals surface area contributed by atoms with Crippen LogP contribution in [-0.2, 0) is 0 Å². The summed E-state index contributed by atoms with van der Waals surface area (Å²) in [6.45, 7) is 0. The fourth-order valence-electron chi connectivity index (χ4n) is 3.11. The Kier molecular flexibility index (Phi) is 5.95. The van der Waals surface area contributed by atoms with Gasteiger partial charge in [0.2, 0.25) is 0 Å². The van der Waals surface area contributed by atoms with E-state index in [0.717, 1.165) is 15.8 Å². The van der Waals surface area contributed by atoms with Crippen LogP contribution in [0.25, 0.3) is 28.7 Å². The highest BCUT2D eigenvalue weighted by molar-refractivity contribution is 9.10. The molecule has 0 atom stereocenters. The largest absolute Gasteiger partial charge is 0.496 e. The number of hydrogen-bond acceptors (Lipinski definition) is 3. The predicted molar refractivity (Wildman–Crippen MR) is 127 cm³/mol. The first-order valence-corrected chi connectivity index (χ1v) is 10.5. The number of fused-ring (bicyclic) bond motifs is 1. The molecule has 0 unspecified atom stereocenters. The molecule has 0 N–H and O–H groups in total. The van der Waals surface area contributed by atoms with Gasteiger partial charge in [0.15, 0.2) is 0 Å². The topological polar surface area (TPSA) is 44.1 Å². The minimum Gasteiger partial charge on any atom is -0.496 e. The zero-order valence-corrected chi connectivity index (χ0v) is 18.9. The second-order valence-corrected chi connectivity index (χ2v) is 8.15. The molecule has 0 fully saturated rings. The van der Waals surface area contributed by atoms with Crippen molar-refractivity contribution in [1.82, 2.24) is 9.55 Å². The molecule has 0 aliphatic carbocycles. The molecule has 0 aliphatic heterocycles. The molecule has 4 nitrogen and oxygen atoms in total. The van der Waals surface area contributed by atoms with Crippen LogP contribution in [0.2, 0.25) is 10.0 Å². The van der Waals surface area contributed by atoms with E-state index < -0.39 is 0 Å². The molecule has 3 aromatic carbocycles. The monoisotopic (exact) mass is 500 g/mol. The Morgan fingerprint density at radius 3 is 2.57 bits per heavy atom. The summed E-state index contributed by atoms with van der Waals surface area (Å²) in [5.74, 6) is 1.19. The van der Waals surface area contributed by atoms with Gasteiger partial charge < -0.3 is 4.74 Å². The molecule has 30 heavy (non-hydrogen) atoms. The lowest BCUT2D eigenvalue weighted by atomic mass is 10.2. The lowest BCUT2D eigenvalue weighted by molar-refractivity contribution is 0.412. The van der Waals surface area contributed by atoms with Crippen molar-refractivity contribution in [2.24, 2.45) is 0 Å². The van der Waals surface area contributed by atoms with Crippen LogP contribution >= 0.6 is 39.1 Å². The number of nitrogens with zero attached hydrogens (tertiary/aromatic N) is 2. The zero-order chi connectivity index (χ0) is 21.3. The average molecular weight is 502 g/mol. The van der Waals surface area contributed by atoms with E-state index in [0.29, 0.717) is 32.5 Å². The number of benzene rings is 3. The Morgan fingerprint density at radius 2 is 1.83 bits per heavy atom. The molecule has 4 aromatic rings. The normalized spacial score (nSPS) is 11.3. The van der Waals surface area contributed by atoms with Crippen LogP contribution in [-0.4, -0.2) is 16.7 Å². The van der Waals surface area contributed by atoms with Crippen molar-refractivity contribution in [1.29, 1.82) is 0 Å². The van der Waals surface area contributed by atoms with E-state index in [1.807, 2.05) is 42.5 Å². The zero-order valence-electron chi connectivity index (χ0n) is 15.8. The van der Waals surface area contributed by atoms with Gasteiger partial charge in [-0.1, -0.05) is 47.5 Å². The van der Waals surface area contributed by atoms with E-state index in [2.05, 4.69) is 15.9 Å². The molecule has 150 valence electrons. The highest BCUT2D eigenvalue weighted by Crippen LogP contribution is 2.27. The minimum absolute atomic E-state index is 0.208. The molecule has 1 heterocycles. The summed E-state index contributed by atoms with van der Waals surface area (Å²) in [6, 6.07) is 17.9. The van der Waals surface area contributed by atoms with Crippen molar-refractivity contribution in [2.45, 2.75) is 0 Å². The molecular formula is C23H15BrCl2N2O2. The average Bonchev–Trinajstić information content (AvgIpc) is 2.73. The number of methoxy groups -OCH3 is 1. The van der Waals surface area contributed by atoms with Crippen LogP contribution in [0.3, 0.4) is 0 Å². The van der Waals surface area contributed by atoms with Gasteiger partial charge in [-0.15, -0.1) is 0 Å². The molecule has 0 radical (unpaired) electrons. The van der Waals surface area contributed by atoms with E-state index in [4.69, 9.17) is 32.9 Å². The van der Waals surface area contributed by atoms with Crippen LogP contribution in [0.15, 0.2) is 69.9 Å². The molecule has 1 aromatic heterocycles. The molecule has 0 saturated heterocycles. The Balaban J connectivity index is 1.92. The Bertz CT molecular complexity index is 1350. The summed E-state index contributed by atoms with van der Waals surface area (Å²) in [5.41, 5.74) is 1.83. The van der Waals surface area contributed by atoms with Gasteiger partial charge in [-0.2, -0.15) is 0 Å². The van der Waals surface area contributed by atoms with Gasteiger partial charge in [0.05, 0.1) is 33.2 Å². The molecule has 0 aliphatic rings. The van der Waals surface area contributed by atoms with Gasteiger partial charge in [-0.25, -0.2) is 4.98 Å².